The number of hydrogen-bond acceptors (Lipinski definition) is 4. The molecule has 3 heterocycles. The molecule has 0 radical (unpaired) electrons. The van der Waals surface area contributed by atoms with Crippen LogP contribution in [0.2, 0.25) is 5.02 Å². The molecular weight excluding hydrogens is 404 g/mol. The van der Waals surface area contributed by atoms with Gasteiger partial charge in [0, 0.05) is 55.5 Å². The van der Waals surface area contributed by atoms with Crippen molar-refractivity contribution in [1.29, 1.82) is 0 Å². The summed E-state index contributed by atoms with van der Waals surface area (Å²) in [6.45, 7) is 5.71. The first-order valence-electron chi connectivity index (χ1n) is 10.4. The number of fused-ring (bicyclic) bond motifs is 2. The van der Waals surface area contributed by atoms with E-state index in [4.69, 9.17) is 16.3 Å². The fourth-order valence-corrected chi connectivity index (χ4v) is 4.35. The summed E-state index contributed by atoms with van der Waals surface area (Å²) in [6, 6.07) is 7.00. The van der Waals surface area contributed by atoms with Gasteiger partial charge in [0.2, 0.25) is 5.91 Å². The molecule has 0 saturated carbocycles. The topological polar surface area (TPSA) is 76.5 Å². The minimum atomic E-state index is -0.654. The third-order valence-corrected chi connectivity index (χ3v) is 6.02. The zero-order valence-electron chi connectivity index (χ0n) is 17.3. The van der Waals surface area contributed by atoms with E-state index in [0.29, 0.717) is 55.5 Å². The average molecular weight is 431 g/mol. The van der Waals surface area contributed by atoms with E-state index in [9.17, 15) is 9.59 Å². The van der Waals surface area contributed by atoms with Gasteiger partial charge < -0.3 is 19.5 Å². The van der Waals surface area contributed by atoms with Crippen molar-refractivity contribution in [3.63, 3.8) is 0 Å². The number of likely N-dealkylation sites (tertiary alicyclic amines) is 1. The molecule has 160 valence electrons. The number of amides is 2. The molecule has 1 fully saturated rings. The van der Waals surface area contributed by atoms with Crippen LogP contribution in [0.15, 0.2) is 36.7 Å². The number of imidazole rings is 1. The highest BCUT2D eigenvalue weighted by Gasteiger charge is 2.47. The van der Waals surface area contributed by atoms with Crippen LogP contribution >= 0.6 is 11.6 Å². The monoisotopic (exact) mass is 430 g/mol. The number of carbonyl (C=O) groups excluding carboxylic acids is 2. The van der Waals surface area contributed by atoms with Crippen molar-refractivity contribution in [3.05, 3.63) is 47.5 Å². The van der Waals surface area contributed by atoms with Gasteiger partial charge in [-0.25, -0.2) is 4.98 Å². The molecule has 2 aliphatic rings. The molecular formula is C22H27ClN4O3. The van der Waals surface area contributed by atoms with E-state index >= 15 is 0 Å². The summed E-state index contributed by atoms with van der Waals surface area (Å²) in [5.74, 6) is 1.15. The van der Waals surface area contributed by atoms with Crippen LogP contribution in [0.4, 0.5) is 5.69 Å². The first kappa shape index (κ1) is 20.9. The summed E-state index contributed by atoms with van der Waals surface area (Å²) < 4.78 is 8.41. The number of nitrogens with zero attached hydrogens (tertiary/aromatic N) is 3. The molecule has 1 N–H and O–H groups in total. The van der Waals surface area contributed by atoms with E-state index in [1.165, 1.54) is 0 Å². The number of aromatic nitrogens is 2. The molecule has 1 saturated heterocycles. The number of halogens is 1. The second kappa shape index (κ2) is 8.40. The van der Waals surface area contributed by atoms with Gasteiger partial charge in [-0.05, 0) is 30.2 Å². The molecule has 7 nitrogen and oxygen atoms in total. The number of nitrogens with one attached hydrogen (secondary N) is 1. The maximum atomic E-state index is 12.9. The van der Waals surface area contributed by atoms with Crippen molar-refractivity contribution in [3.8, 4) is 0 Å². The van der Waals surface area contributed by atoms with Crippen LogP contribution in [0.3, 0.4) is 0 Å². The Bertz CT molecular complexity index is 917. The Balaban J connectivity index is 1.48. The Morgan fingerprint density at radius 3 is 2.63 bits per heavy atom. The third kappa shape index (κ3) is 4.23. The number of rotatable bonds is 4. The van der Waals surface area contributed by atoms with Crippen LogP contribution in [-0.2, 0) is 26.5 Å². The van der Waals surface area contributed by atoms with Crippen molar-refractivity contribution in [2.24, 2.45) is 5.92 Å². The van der Waals surface area contributed by atoms with Gasteiger partial charge in [-0.3, -0.25) is 9.59 Å². The number of piperidine rings is 1. The van der Waals surface area contributed by atoms with E-state index < -0.39 is 11.7 Å². The standard InChI is InChI=1S/C22H27ClN4O3/c1-15(2)13-19(28)26-10-7-22(8-11-26)21-24-9-12-27(21)14-18(30-22)20(29)25-17-5-3-16(23)4-6-17/h3-6,9,12,15,18H,7-8,10-11,13-14H2,1-2H3,(H,25,29). The summed E-state index contributed by atoms with van der Waals surface area (Å²) in [6.07, 6.45) is 4.79. The molecule has 1 aromatic heterocycles. The van der Waals surface area contributed by atoms with E-state index in [2.05, 4.69) is 10.3 Å². The van der Waals surface area contributed by atoms with Crippen LogP contribution in [-0.4, -0.2) is 45.5 Å². The molecule has 1 unspecified atom stereocenters. The lowest BCUT2D eigenvalue weighted by Crippen LogP contribution is -2.54. The number of benzene rings is 1. The van der Waals surface area contributed by atoms with Crippen LogP contribution in [0.25, 0.3) is 0 Å². The lowest BCUT2D eigenvalue weighted by Gasteiger charge is -2.45. The minimum absolute atomic E-state index is 0.177. The van der Waals surface area contributed by atoms with E-state index in [0.717, 1.165) is 5.82 Å². The Labute approximate surface area is 181 Å². The predicted molar refractivity (Wildman–Crippen MR) is 114 cm³/mol. The lowest BCUT2D eigenvalue weighted by atomic mass is 9.88. The number of hydrogen-bond donors (Lipinski definition) is 1. The molecule has 1 aromatic carbocycles. The fraction of sp³-hybridized carbons (Fsp3) is 0.500. The molecule has 2 aromatic rings. The van der Waals surface area contributed by atoms with Crippen molar-refractivity contribution in [2.75, 3.05) is 18.4 Å². The van der Waals surface area contributed by atoms with Crippen LogP contribution in [0.1, 0.15) is 38.9 Å². The zero-order valence-corrected chi connectivity index (χ0v) is 18.1. The molecule has 1 spiro atoms. The summed E-state index contributed by atoms with van der Waals surface area (Å²) in [5, 5.41) is 3.53. The van der Waals surface area contributed by atoms with Gasteiger partial charge in [0.25, 0.3) is 5.91 Å². The summed E-state index contributed by atoms with van der Waals surface area (Å²) in [5.41, 5.74) is 0.0193. The van der Waals surface area contributed by atoms with Crippen molar-refractivity contribution in [1.82, 2.24) is 14.5 Å². The maximum absolute atomic E-state index is 12.9. The Morgan fingerprint density at radius 2 is 1.97 bits per heavy atom. The number of ether oxygens (including phenoxy) is 1. The fourth-order valence-electron chi connectivity index (χ4n) is 4.23. The summed E-state index contributed by atoms with van der Waals surface area (Å²) >= 11 is 5.92. The Morgan fingerprint density at radius 1 is 1.27 bits per heavy atom. The van der Waals surface area contributed by atoms with Crippen molar-refractivity contribution in [2.45, 2.75) is 51.4 Å². The summed E-state index contributed by atoms with van der Waals surface area (Å²) in [7, 11) is 0. The van der Waals surface area contributed by atoms with Gasteiger partial charge in [0.1, 0.15) is 11.4 Å². The highest BCUT2D eigenvalue weighted by molar-refractivity contribution is 6.30. The zero-order chi connectivity index (χ0) is 21.3. The Hall–Kier alpha value is -2.38. The lowest BCUT2D eigenvalue weighted by molar-refractivity contribution is -0.172. The smallest absolute Gasteiger partial charge is 0.255 e. The second-order valence-electron chi connectivity index (χ2n) is 8.48. The Kier molecular flexibility index (Phi) is 5.84. The van der Waals surface area contributed by atoms with Crippen molar-refractivity contribution >= 4 is 29.1 Å². The van der Waals surface area contributed by atoms with Gasteiger partial charge in [-0.2, -0.15) is 0 Å². The largest absolute Gasteiger partial charge is 0.352 e. The highest BCUT2D eigenvalue weighted by Crippen LogP contribution is 2.40. The SMILES string of the molecule is CC(C)CC(=O)N1CCC2(CC1)OC(C(=O)Nc1ccc(Cl)cc1)Cn1ccnc12. The van der Waals surface area contributed by atoms with Crippen LogP contribution < -0.4 is 5.32 Å². The van der Waals surface area contributed by atoms with Gasteiger partial charge in [0.05, 0.1) is 6.54 Å². The van der Waals surface area contributed by atoms with Gasteiger partial charge >= 0.3 is 0 Å². The molecule has 4 rings (SSSR count). The second-order valence-corrected chi connectivity index (χ2v) is 8.92. The maximum Gasteiger partial charge on any atom is 0.255 e. The third-order valence-electron chi connectivity index (χ3n) is 5.76. The number of carbonyl (C=O) groups is 2. The molecule has 1 atom stereocenters. The van der Waals surface area contributed by atoms with E-state index in [1.807, 2.05) is 29.5 Å². The van der Waals surface area contributed by atoms with Gasteiger partial charge in [-0.1, -0.05) is 25.4 Å². The highest BCUT2D eigenvalue weighted by atomic mass is 35.5. The predicted octanol–water partition coefficient (Wildman–Crippen LogP) is 3.44. The first-order valence-corrected chi connectivity index (χ1v) is 10.8. The molecule has 0 bridgehead atoms. The molecule has 2 amide bonds. The molecule has 0 aliphatic carbocycles. The van der Waals surface area contributed by atoms with Gasteiger partial charge in [0.15, 0.2) is 6.10 Å². The number of anilines is 1. The normalized spacial score (nSPS) is 20.3. The molecule has 8 heteroatoms. The average Bonchev–Trinajstić information content (AvgIpc) is 3.19. The van der Waals surface area contributed by atoms with E-state index in [1.54, 1.807) is 30.5 Å². The molecule has 30 heavy (non-hydrogen) atoms. The quantitative estimate of drug-likeness (QED) is 0.806. The van der Waals surface area contributed by atoms with Crippen molar-refractivity contribution < 1.29 is 14.3 Å². The van der Waals surface area contributed by atoms with Crippen LogP contribution in [0.5, 0.6) is 0 Å². The van der Waals surface area contributed by atoms with E-state index in [-0.39, 0.29) is 11.8 Å². The van der Waals surface area contributed by atoms with Crippen LogP contribution in [0, 0.1) is 5.92 Å². The molecule has 2 aliphatic heterocycles. The summed E-state index contributed by atoms with van der Waals surface area (Å²) in [4.78, 5) is 31.8. The minimum Gasteiger partial charge on any atom is -0.352 e. The first-order chi connectivity index (χ1) is 14.4. The van der Waals surface area contributed by atoms with Gasteiger partial charge in [-0.15, -0.1) is 0 Å².